The Bertz CT molecular complexity index is 309. The van der Waals surface area contributed by atoms with Crippen LogP contribution < -0.4 is 10.1 Å². The molecule has 3 N–H and O–H groups in total. The van der Waals surface area contributed by atoms with E-state index in [9.17, 15) is 0 Å². The molecule has 0 aromatic heterocycles. The lowest BCUT2D eigenvalue weighted by atomic mass is 10.0. The molecule has 1 aromatic carbocycles. The van der Waals surface area contributed by atoms with E-state index in [0.717, 1.165) is 38.3 Å². The fourth-order valence-corrected chi connectivity index (χ4v) is 1.77. The van der Waals surface area contributed by atoms with E-state index in [1.807, 2.05) is 12.1 Å². The van der Waals surface area contributed by atoms with Gasteiger partial charge in [0.2, 0.25) is 0 Å². The number of quaternary nitrogens is 1. The lowest BCUT2D eigenvalue weighted by molar-refractivity contribution is -0.656. The third-order valence-corrected chi connectivity index (χ3v) is 2.95. The molecule has 0 fully saturated rings. The van der Waals surface area contributed by atoms with Crippen molar-refractivity contribution in [3.63, 3.8) is 0 Å². The quantitative estimate of drug-likeness (QED) is 0.655. The van der Waals surface area contributed by atoms with Gasteiger partial charge in [0.05, 0.1) is 26.3 Å². The molecule has 0 spiro atoms. The summed E-state index contributed by atoms with van der Waals surface area (Å²) in [7, 11) is 0. The van der Waals surface area contributed by atoms with Crippen molar-refractivity contribution in [3.8, 4) is 5.75 Å². The van der Waals surface area contributed by atoms with Crippen molar-refractivity contribution in [2.75, 3.05) is 26.3 Å². The van der Waals surface area contributed by atoms with Crippen LogP contribution in [0.5, 0.6) is 5.75 Å². The zero-order chi connectivity index (χ0) is 13.2. The van der Waals surface area contributed by atoms with Gasteiger partial charge in [-0.2, -0.15) is 0 Å². The third-order valence-electron chi connectivity index (χ3n) is 2.95. The van der Waals surface area contributed by atoms with Gasteiger partial charge in [0.1, 0.15) is 5.75 Å². The van der Waals surface area contributed by atoms with Gasteiger partial charge in [-0.25, -0.2) is 0 Å². The van der Waals surface area contributed by atoms with Crippen molar-refractivity contribution in [1.29, 1.82) is 0 Å². The fourth-order valence-electron chi connectivity index (χ4n) is 1.77. The Hall–Kier alpha value is -1.06. The van der Waals surface area contributed by atoms with E-state index in [2.05, 4.69) is 31.3 Å². The van der Waals surface area contributed by atoms with Crippen LogP contribution in [0.4, 0.5) is 0 Å². The van der Waals surface area contributed by atoms with Gasteiger partial charge in [0.25, 0.3) is 0 Å². The molecular weight excluding hydrogens is 226 g/mol. The normalized spacial score (nSPS) is 10.9. The summed E-state index contributed by atoms with van der Waals surface area (Å²) in [5.74, 6) is 1.53. The van der Waals surface area contributed by atoms with E-state index in [1.165, 1.54) is 5.56 Å². The van der Waals surface area contributed by atoms with Crippen LogP contribution >= 0.6 is 0 Å². The number of aliphatic hydroxyl groups is 1. The van der Waals surface area contributed by atoms with Gasteiger partial charge in [0.15, 0.2) is 0 Å². The predicted molar refractivity (Wildman–Crippen MR) is 74.0 cm³/mol. The Balaban J connectivity index is 2.12. The van der Waals surface area contributed by atoms with E-state index in [0.29, 0.717) is 5.92 Å². The summed E-state index contributed by atoms with van der Waals surface area (Å²) in [5.41, 5.74) is 1.35. The first-order valence-electron chi connectivity index (χ1n) is 6.89. The van der Waals surface area contributed by atoms with Crippen molar-refractivity contribution in [2.45, 2.75) is 32.6 Å². The Labute approximate surface area is 110 Å². The van der Waals surface area contributed by atoms with Crippen molar-refractivity contribution in [1.82, 2.24) is 0 Å². The highest BCUT2D eigenvalue weighted by molar-refractivity contribution is 5.28. The molecule has 18 heavy (non-hydrogen) atoms. The van der Waals surface area contributed by atoms with Crippen LogP contribution in [-0.4, -0.2) is 31.4 Å². The number of ether oxygens (including phenoxy) is 1. The number of rotatable bonds is 9. The van der Waals surface area contributed by atoms with Crippen LogP contribution in [0.3, 0.4) is 0 Å². The van der Waals surface area contributed by atoms with Crippen molar-refractivity contribution in [2.24, 2.45) is 0 Å². The molecule has 3 heteroatoms. The van der Waals surface area contributed by atoms with Crippen molar-refractivity contribution < 1.29 is 15.2 Å². The average Bonchev–Trinajstić information content (AvgIpc) is 2.38. The second-order valence-electron chi connectivity index (χ2n) is 4.87. The average molecular weight is 252 g/mol. The molecule has 0 aliphatic carbocycles. The van der Waals surface area contributed by atoms with Gasteiger partial charge in [-0.1, -0.05) is 26.0 Å². The summed E-state index contributed by atoms with van der Waals surface area (Å²) in [6.07, 6.45) is 2.19. The van der Waals surface area contributed by atoms with Crippen LogP contribution in [0.15, 0.2) is 24.3 Å². The lowest BCUT2D eigenvalue weighted by Gasteiger charge is -2.08. The van der Waals surface area contributed by atoms with Crippen LogP contribution in [0.25, 0.3) is 0 Å². The smallest absolute Gasteiger partial charge is 0.119 e. The Kier molecular flexibility index (Phi) is 7.46. The number of aliphatic hydroxyl groups excluding tert-OH is 1. The summed E-state index contributed by atoms with van der Waals surface area (Å²) in [6, 6.07) is 8.37. The molecule has 0 aliphatic heterocycles. The van der Waals surface area contributed by atoms with E-state index >= 15 is 0 Å². The highest BCUT2D eigenvalue weighted by atomic mass is 16.5. The van der Waals surface area contributed by atoms with Crippen LogP contribution in [-0.2, 0) is 0 Å². The molecule has 0 aliphatic rings. The second kappa shape index (κ2) is 8.95. The minimum absolute atomic E-state index is 0.263. The van der Waals surface area contributed by atoms with Gasteiger partial charge >= 0.3 is 0 Å². The Morgan fingerprint density at radius 3 is 2.44 bits per heavy atom. The largest absolute Gasteiger partial charge is 0.494 e. The van der Waals surface area contributed by atoms with E-state index in [1.54, 1.807) is 0 Å². The maximum atomic E-state index is 8.62. The molecule has 0 amide bonds. The highest BCUT2D eigenvalue weighted by Gasteiger charge is 1.99. The number of nitrogens with two attached hydrogens (primary N) is 1. The molecule has 3 nitrogen and oxygen atoms in total. The van der Waals surface area contributed by atoms with Gasteiger partial charge in [-0.3, -0.25) is 0 Å². The minimum atomic E-state index is 0.263. The highest BCUT2D eigenvalue weighted by Crippen LogP contribution is 2.18. The number of benzene rings is 1. The Morgan fingerprint density at radius 1 is 1.11 bits per heavy atom. The first-order valence-corrected chi connectivity index (χ1v) is 6.89. The fraction of sp³-hybridized carbons (Fsp3) is 0.600. The third kappa shape index (κ3) is 6.03. The molecule has 102 valence electrons. The molecule has 1 aromatic rings. The van der Waals surface area contributed by atoms with E-state index in [-0.39, 0.29) is 6.61 Å². The zero-order valence-corrected chi connectivity index (χ0v) is 11.6. The molecule has 0 atom stereocenters. The van der Waals surface area contributed by atoms with Crippen LogP contribution in [0.1, 0.15) is 38.2 Å². The maximum Gasteiger partial charge on any atom is 0.119 e. The second-order valence-corrected chi connectivity index (χ2v) is 4.87. The number of hydrogen-bond acceptors (Lipinski definition) is 2. The summed E-state index contributed by atoms with van der Waals surface area (Å²) in [4.78, 5) is 0. The summed E-state index contributed by atoms with van der Waals surface area (Å²) in [6.45, 7) is 7.29. The topological polar surface area (TPSA) is 46.1 Å². The molecule has 0 radical (unpaired) electrons. The number of hydrogen-bond donors (Lipinski definition) is 2. The first-order chi connectivity index (χ1) is 8.74. The molecule has 0 heterocycles. The standard InChI is InChI=1S/C15H25NO2/c1-13(2)14-5-7-15(8-6-14)18-12-4-3-9-16-10-11-17/h5-8,13,16-17H,3-4,9-12H2,1-2H3/p+1. The first kappa shape index (κ1) is 15.0. The van der Waals surface area contributed by atoms with Gasteiger partial charge in [-0.05, 0) is 36.5 Å². The zero-order valence-electron chi connectivity index (χ0n) is 11.6. The maximum absolute atomic E-state index is 8.62. The molecule has 0 unspecified atom stereocenters. The molecular formula is C15H26NO2+. The summed E-state index contributed by atoms with van der Waals surface area (Å²) < 4.78 is 5.68. The van der Waals surface area contributed by atoms with E-state index < -0.39 is 0 Å². The molecule has 0 saturated carbocycles. The lowest BCUT2D eigenvalue weighted by Crippen LogP contribution is -2.85. The summed E-state index contributed by atoms with van der Waals surface area (Å²) >= 11 is 0. The van der Waals surface area contributed by atoms with Crippen molar-refractivity contribution in [3.05, 3.63) is 29.8 Å². The van der Waals surface area contributed by atoms with Gasteiger partial charge < -0.3 is 15.2 Å². The van der Waals surface area contributed by atoms with Crippen molar-refractivity contribution >= 4 is 0 Å². The minimum Gasteiger partial charge on any atom is -0.494 e. The Morgan fingerprint density at radius 2 is 1.83 bits per heavy atom. The van der Waals surface area contributed by atoms with Gasteiger partial charge in [0, 0.05) is 0 Å². The summed E-state index contributed by atoms with van der Waals surface area (Å²) in [5, 5.41) is 10.8. The SMILES string of the molecule is CC(C)c1ccc(OCCCC[NH2+]CCO)cc1. The molecule has 0 saturated heterocycles. The predicted octanol–water partition coefficient (Wildman–Crippen LogP) is 1.52. The van der Waals surface area contributed by atoms with Gasteiger partial charge in [-0.15, -0.1) is 0 Å². The van der Waals surface area contributed by atoms with E-state index in [4.69, 9.17) is 9.84 Å². The molecule has 0 bridgehead atoms. The number of unbranched alkanes of at least 4 members (excludes halogenated alkanes) is 1. The monoisotopic (exact) mass is 252 g/mol. The van der Waals surface area contributed by atoms with Crippen LogP contribution in [0, 0.1) is 0 Å². The van der Waals surface area contributed by atoms with Crippen LogP contribution in [0.2, 0.25) is 0 Å². The molecule has 1 rings (SSSR count).